The van der Waals surface area contributed by atoms with E-state index in [0.29, 0.717) is 0 Å². The lowest BCUT2D eigenvalue weighted by Gasteiger charge is -2.22. The van der Waals surface area contributed by atoms with E-state index in [1.807, 2.05) is 0 Å². The molecule has 4 nitrogen and oxygen atoms in total. The summed E-state index contributed by atoms with van der Waals surface area (Å²) in [6, 6.07) is 0.274. The Labute approximate surface area is 116 Å². The van der Waals surface area contributed by atoms with Crippen molar-refractivity contribution in [2.24, 2.45) is 0 Å². The summed E-state index contributed by atoms with van der Waals surface area (Å²) < 4.78 is 24.1. The summed E-state index contributed by atoms with van der Waals surface area (Å²) >= 11 is 0. The molecule has 0 radical (unpaired) electrons. The van der Waals surface area contributed by atoms with Crippen molar-refractivity contribution >= 4 is 15.7 Å². The van der Waals surface area contributed by atoms with Crippen molar-refractivity contribution in [3.05, 3.63) is 0 Å². The molecule has 0 saturated heterocycles. The first kappa shape index (κ1) is 14.8. The van der Waals surface area contributed by atoms with Crippen LogP contribution in [0, 0.1) is 0 Å². The van der Waals surface area contributed by atoms with Gasteiger partial charge in [-0.3, -0.25) is 4.79 Å². The Morgan fingerprint density at radius 3 is 2.16 bits per heavy atom. The second kappa shape index (κ2) is 6.73. The van der Waals surface area contributed by atoms with Crippen molar-refractivity contribution in [2.45, 2.75) is 75.5 Å². The van der Waals surface area contributed by atoms with Crippen LogP contribution in [0.25, 0.3) is 0 Å². The molecular weight excluding hydrogens is 262 g/mol. The molecule has 0 aromatic rings. The molecule has 0 atom stereocenters. The Kier molecular flexibility index (Phi) is 5.25. The van der Waals surface area contributed by atoms with Crippen molar-refractivity contribution in [1.29, 1.82) is 0 Å². The maximum Gasteiger partial charge on any atom is 0.221 e. The molecule has 2 fully saturated rings. The fraction of sp³-hybridized carbons (Fsp3) is 0.929. The maximum absolute atomic E-state index is 12.0. The summed E-state index contributed by atoms with van der Waals surface area (Å²) in [4.78, 5) is 11.8. The molecule has 0 spiro atoms. The molecule has 19 heavy (non-hydrogen) atoms. The van der Waals surface area contributed by atoms with Gasteiger partial charge in [0.1, 0.15) is 0 Å². The van der Waals surface area contributed by atoms with E-state index in [1.54, 1.807) is 0 Å². The Balaban J connectivity index is 1.73. The summed E-state index contributed by atoms with van der Waals surface area (Å²) in [6.07, 6.45) is 9.41. The second-order valence-electron chi connectivity index (χ2n) is 5.93. The molecule has 110 valence electrons. The van der Waals surface area contributed by atoms with Crippen molar-refractivity contribution < 1.29 is 13.2 Å². The van der Waals surface area contributed by atoms with Crippen molar-refractivity contribution in [1.82, 2.24) is 5.32 Å². The van der Waals surface area contributed by atoms with Crippen LogP contribution >= 0.6 is 0 Å². The normalized spacial score (nSPS) is 22.5. The molecule has 2 aliphatic rings. The van der Waals surface area contributed by atoms with Gasteiger partial charge in [-0.25, -0.2) is 8.42 Å². The molecule has 0 unspecified atom stereocenters. The van der Waals surface area contributed by atoms with Crippen molar-refractivity contribution in [2.75, 3.05) is 5.75 Å². The summed E-state index contributed by atoms with van der Waals surface area (Å²) in [5.41, 5.74) is 0. The Morgan fingerprint density at radius 2 is 1.53 bits per heavy atom. The molecule has 0 bridgehead atoms. The summed E-state index contributed by atoms with van der Waals surface area (Å²) in [5, 5.41) is 2.79. The van der Waals surface area contributed by atoms with Gasteiger partial charge in [0.05, 0.1) is 11.0 Å². The van der Waals surface area contributed by atoms with Crippen molar-refractivity contribution in [3.8, 4) is 0 Å². The number of sulfone groups is 1. The van der Waals surface area contributed by atoms with E-state index in [9.17, 15) is 13.2 Å². The predicted molar refractivity (Wildman–Crippen MR) is 75.7 cm³/mol. The van der Waals surface area contributed by atoms with E-state index in [2.05, 4.69) is 5.32 Å². The van der Waals surface area contributed by atoms with E-state index in [-0.39, 0.29) is 29.4 Å². The molecule has 2 aliphatic carbocycles. The van der Waals surface area contributed by atoms with Crippen LogP contribution in [0.3, 0.4) is 0 Å². The third kappa shape index (κ3) is 4.48. The second-order valence-corrected chi connectivity index (χ2v) is 8.33. The first-order valence-corrected chi connectivity index (χ1v) is 9.30. The van der Waals surface area contributed by atoms with Gasteiger partial charge in [0.2, 0.25) is 5.91 Å². The molecular formula is C14H25NO3S. The minimum atomic E-state index is -3.06. The molecule has 0 aromatic carbocycles. The molecule has 0 heterocycles. The van der Waals surface area contributed by atoms with Crippen LogP contribution in [0.2, 0.25) is 0 Å². The summed E-state index contributed by atoms with van der Waals surface area (Å²) in [5.74, 6) is -0.0654. The smallest absolute Gasteiger partial charge is 0.221 e. The number of nitrogens with one attached hydrogen (secondary N) is 1. The number of carbonyl (C=O) groups excluding carboxylic acids is 1. The fourth-order valence-electron chi connectivity index (χ4n) is 3.20. The van der Waals surface area contributed by atoms with Gasteiger partial charge in [-0.05, 0) is 25.7 Å². The Morgan fingerprint density at radius 1 is 0.947 bits per heavy atom. The third-order valence-electron chi connectivity index (χ3n) is 4.39. The molecule has 2 rings (SSSR count). The highest BCUT2D eigenvalue weighted by atomic mass is 32.2. The van der Waals surface area contributed by atoms with Gasteiger partial charge in [-0.2, -0.15) is 0 Å². The van der Waals surface area contributed by atoms with E-state index in [1.165, 1.54) is 19.3 Å². The van der Waals surface area contributed by atoms with Gasteiger partial charge in [0.15, 0.2) is 9.84 Å². The monoisotopic (exact) mass is 287 g/mol. The molecule has 2 saturated carbocycles. The van der Waals surface area contributed by atoms with E-state index < -0.39 is 9.84 Å². The van der Waals surface area contributed by atoms with Crippen LogP contribution in [0.1, 0.15) is 64.2 Å². The lowest BCUT2D eigenvalue weighted by Crippen LogP contribution is -2.37. The lowest BCUT2D eigenvalue weighted by molar-refractivity contribution is -0.121. The first-order valence-electron chi connectivity index (χ1n) is 7.59. The maximum atomic E-state index is 12.0. The van der Waals surface area contributed by atoms with Gasteiger partial charge in [-0.1, -0.05) is 32.1 Å². The largest absolute Gasteiger partial charge is 0.353 e. The number of hydrogen-bond donors (Lipinski definition) is 1. The van der Waals surface area contributed by atoms with Gasteiger partial charge in [-0.15, -0.1) is 0 Å². The highest BCUT2D eigenvalue weighted by molar-refractivity contribution is 7.92. The zero-order valence-corrected chi connectivity index (χ0v) is 12.4. The zero-order valence-electron chi connectivity index (χ0n) is 11.6. The van der Waals surface area contributed by atoms with Crippen LogP contribution in [-0.4, -0.2) is 31.4 Å². The fourth-order valence-corrected chi connectivity index (χ4v) is 5.05. The predicted octanol–water partition coefficient (Wildman–Crippen LogP) is 2.18. The topological polar surface area (TPSA) is 63.2 Å². The SMILES string of the molecule is O=C(CCS(=O)(=O)C1CCCC1)NC1CCCCC1. The molecule has 1 amide bonds. The van der Waals surface area contributed by atoms with Crippen LogP contribution < -0.4 is 5.32 Å². The number of hydrogen-bond acceptors (Lipinski definition) is 3. The van der Waals surface area contributed by atoms with Gasteiger partial charge >= 0.3 is 0 Å². The van der Waals surface area contributed by atoms with E-state index in [0.717, 1.165) is 38.5 Å². The number of amides is 1. The molecule has 0 aromatic heterocycles. The van der Waals surface area contributed by atoms with Crippen molar-refractivity contribution in [3.63, 3.8) is 0 Å². The van der Waals surface area contributed by atoms with Gasteiger partial charge < -0.3 is 5.32 Å². The van der Waals surface area contributed by atoms with Crippen LogP contribution in [0.4, 0.5) is 0 Å². The first-order chi connectivity index (χ1) is 9.08. The van der Waals surface area contributed by atoms with Gasteiger partial charge in [0.25, 0.3) is 0 Å². The minimum absolute atomic E-state index is 0.0240. The Bertz CT molecular complexity index is 393. The summed E-state index contributed by atoms with van der Waals surface area (Å²) in [7, 11) is -3.06. The number of rotatable bonds is 5. The number of carbonyl (C=O) groups is 1. The van der Waals surface area contributed by atoms with Crippen LogP contribution in [0.15, 0.2) is 0 Å². The molecule has 1 N–H and O–H groups in total. The Hall–Kier alpha value is -0.580. The van der Waals surface area contributed by atoms with E-state index in [4.69, 9.17) is 0 Å². The minimum Gasteiger partial charge on any atom is -0.353 e. The van der Waals surface area contributed by atoms with Crippen LogP contribution in [-0.2, 0) is 14.6 Å². The molecule has 5 heteroatoms. The van der Waals surface area contributed by atoms with E-state index >= 15 is 0 Å². The quantitative estimate of drug-likeness (QED) is 0.843. The third-order valence-corrected chi connectivity index (χ3v) is 6.65. The average Bonchev–Trinajstić information content (AvgIpc) is 2.92. The zero-order chi connectivity index (χ0) is 13.7. The highest BCUT2D eigenvalue weighted by Crippen LogP contribution is 2.25. The van der Waals surface area contributed by atoms with Gasteiger partial charge in [0, 0.05) is 12.5 Å². The average molecular weight is 287 g/mol. The van der Waals surface area contributed by atoms with Crippen LogP contribution in [0.5, 0.6) is 0 Å². The standard InChI is InChI=1S/C14H25NO3S/c16-14(15-12-6-2-1-3-7-12)10-11-19(17,18)13-8-4-5-9-13/h12-13H,1-11H2,(H,15,16). The molecule has 0 aliphatic heterocycles. The highest BCUT2D eigenvalue weighted by Gasteiger charge is 2.29. The summed E-state index contributed by atoms with van der Waals surface area (Å²) in [6.45, 7) is 0. The lowest BCUT2D eigenvalue weighted by atomic mass is 9.95.